The number of nitrogens with zero attached hydrogens (tertiary/aromatic N) is 3. The van der Waals surface area contributed by atoms with Crippen LogP contribution in [0.5, 0.6) is 0 Å². The average Bonchev–Trinajstić information content (AvgIpc) is 2.70. The van der Waals surface area contributed by atoms with Gasteiger partial charge in [-0.15, -0.1) is 12.3 Å². The second-order valence-corrected chi connectivity index (χ2v) is 4.16. The van der Waals surface area contributed by atoms with E-state index in [2.05, 4.69) is 10.9 Å². The van der Waals surface area contributed by atoms with Gasteiger partial charge in [-0.05, 0) is 12.5 Å². The van der Waals surface area contributed by atoms with Gasteiger partial charge in [0.05, 0.1) is 4.92 Å². The molecule has 1 aromatic rings. The summed E-state index contributed by atoms with van der Waals surface area (Å²) in [5.41, 5.74) is 0.506. The highest BCUT2D eigenvalue weighted by Crippen LogP contribution is 2.27. The summed E-state index contributed by atoms with van der Waals surface area (Å²) in [5, 5.41) is 10.6. The van der Waals surface area contributed by atoms with Crippen LogP contribution in [0.3, 0.4) is 0 Å². The van der Waals surface area contributed by atoms with Crippen molar-refractivity contribution in [3.8, 4) is 12.3 Å². The van der Waals surface area contributed by atoms with Gasteiger partial charge in [-0.1, -0.05) is 0 Å². The van der Waals surface area contributed by atoms with Gasteiger partial charge in [-0.3, -0.25) is 19.8 Å². The molecule has 18 heavy (non-hydrogen) atoms. The van der Waals surface area contributed by atoms with Crippen LogP contribution in [-0.4, -0.2) is 22.4 Å². The Morgan fingerprint density at radius 2 is 2.39 bits per heavy atom. The molecule has 6 nitrogen and oxygen atoms in total. The minimum atomic E-state index is -0.514. The van der Waals surface area contributed by atoms with Gasteiger partial charge in [0.1, 0.15) is 12.0 Å². The molecule has 6 heteroatoms. The number of rotatable bonds is 2. The molecule has 1 aliphatic heterocycles. The van der Waals surface area contributed by atoms with Gasteiger partial charge in [-0.2, -0.15) is 0 Å². The Morgan fingerprint density at radius 1 is 1.67 bits per heavy atom. The SMILES string of the molecule is C#CC1CC(=O)N(c2ncc([N+](=O)[O-])cc2C)C1. The first-order valence-corrected chi connectivity index (χ1v) is 5.40. The van der Waals surface area contributed by atoms with Gasteiger partial charge in [0.25, 0.3) is 5.69 Å². The zero-order chi connectivity index (χ0) is 13.3. The molecule has 0 aliphatic carbocycles. The molecule has 1 aliphatic rings. The molecule has 0 N–H and O–H groups in total. The van der Waals surface area contributed by atoms with Gasteiger partial charge < -0.3 is 0 Å². The van der Waals surface area contributed by atoms with E-state index in [4.69, 9.17) is 6.42 Å². The lowest BCUT2D eigenvalue weighted by atomic mass is 10.1. The molecule has 0 radical (unpaired) electrons. The number of carbonyl (C=O) groups is 1. The average molecular weight is 245 g/mol. The maximum absolute atomic E-state index is 11.8. The second-order valence-electron chi connectivity index (χ2n) is 4.16. The fourth-order valence-corrected chi connectivity index (χ4v) is 1.96. The van der Waals surface area contributed by atoms with E-state index < -0.39 is 4.92 Å². The largest absolute Gasteiger partial charge is 0.295 e. The maximum atomic E-state index is 11.8. The predicted octanol–water partition coefficient (Wildman–Crippen LogP) is 1.28. The normalized spacial score (nSPS) is 18.8. The van der Waals surface area contributed by atoms with Crippen LogP contribution >= 0.6 is 0 Å². The molecule has 1 amide bonds. The van der Waals surface area contributed by atoms with E-state index in [1.165, 1.54) is 11.0 Å². The Balaban J connectivity index is 2.33. The number of anilines is 1. The number of nitro groups is 1. The Bertz CT molecular complexity index is 562. The Morgan fingerprint density at radius 3 is 2.89 bits per heavy atom. The zero-order valence-corrected chi connectivity index (χ0v) is 9.79. The highest BCUT2D eigenvalue weighted by Gasteiger charge is 2.31. The van der Waals surface area contributed by atoms with Crippen molar-refractivity contribution in [2.24, 2.45) is 5.92 Å². The second kappa shape index (κ2) is 4.45. The van der Waals surface area contributed by atoms with Gasteiger partial charge in [0, 0.05) is 24.9 Å². The van der Waals surface area contributed by atoms with Gasteiger partial charge in [-0.25, -0.2) is 4.98 Å². The molecule has 1 aromatic heterocycles. The molecule has 0 aromatic carbocycles. The van der Waals surface area contributed by atoms with Crippen LogP contribution in [0, 0.1) is 35.3 Å². The third-order valence-electron chi connectivity index (χ3n) is 2.86. The summed E-state index contributed by atoms with van der Waals surface area (Å²) in [6, 6.07) is 1.40. The van der Waals surface area contributed by atoms with Crippen LogP contribution < -0.4 is 4.90 Å². The third kappa shape index (κ3) is 2.02. The van der Waals surface area contributed by atoms with Crippen molar-refractivity contribution in [1.29, 1.82) is 0 Å². The summed E-state index contributed by atoms with van der Waals surface area (Å²) in [7, 11) is 0. The molecule has 0 bridgehead atoms. The third-order valence-corrected chi connectivity index (χ3v) is 2.86. The minimum Gasteiger partial charge on any atom is -0.295 e. The molecular formula is C12H11N3O3. The lowest BCUT2D eigenvalue weighted by Crippen LogP contribution is -2.26. The van der Waals surface area contributed by atoms with Crippen molar-refractivity contribution >= 4 is 17.4 Å². The highest BCUT2D eigenvalue weighted by molar-refractivity contribution is 5.95. The monoisotopic (exact) mass is 245 g/mol. The molecule has 1 atom stereocenters. The smallest absolute Gasteiger partial charge is 0.287 e. The number of aryl methyl sites for hydroxylation is 1. The topological polar surface area (TPSA) is 76.3 Å². The molecule has 1 unspecified atom stereocenters. The first-order chi connectivity index (χ1) is 8.52. The lowest BCUT2D eigenvalue weighted by Gasteiger charge is -2.16. The number of hydrogen-bond donors (Lipinski definition) is 0. The summed E-state index contributed by atoms with van der Waals surface area (Å²) in [4.78, 5) is 27.3. The first kappa shape index (κ1) is 12.0. The molecule has 92 valence electrons. The van der Waals surface area contributed by atoms with Gasteiger partial charge in [0.15, 0.2) is 0 Å². The molecular weight excluding hydrogens is 234 g/mol. The summed E-state index contributed by atoms with van der Waals surface area (Å²) in [5.74, 6) is 2.78. The number of aromatic nitrogens is 1. The maximum Gasteiger partial charge on any atom is 0.287 e. The van der Waals surface area contributed by atoms with E-state index in [1.807, 2.05) is 0 Å². The van der Waals surface area contributed by atoms with E-state index in [0.29, 0.717) is 24.3 Å². The predicted molar refractivity (Wildman–Crippen MR) is 64.9 cm³/mol. The van der Waals surface area contributed by atoms with Crippen LogP contribution in [0.2, 0.25) is 0 Å². The lowest BCUT2D eigenvalue weighted by molar-refractivity contribution is -0.385. The van der Waals surface area contributed by atoms with Crippen LogP contribution in [-0.2, 0) is 4.79 Å². The van der Waals surface area contributed by atoms with Crippen molar-refractivity contribution in [3.05, 3.63) is 27.9 Å². The highest BCUT2D eigenvalue weighted by atomic mass is 16.6. The molecule has 1 saturated heterocycles. The summed E-state index contributed by atoms with van der Waals surface area (Å²) in [6.45, 7) is 2.10. The van der Waals surface area contributed by atoms with Crippen LogP contribution in [0.15, 0.2) is 12.3 Å². The fourth-order valence-electron chi connectivity index (χ4n) is 1.96. The molecule has 1 fully saturated rings. The molecule has 2 heterocycles. The van der Waals surface area contributed by atoms with E-state index in [1.54, 1.807) is 6.92 Å². The molecule has 0 spiro atoms. The Hall–Kier alpha value is -2.42. The number of pyridine rings is 1. The Labute approximate surface area is 104 Å². The van der Waals surface area contributed by atoms with Gasteiger partial charge >= 0.3 is 0 Å². The fraction of sp³-hybridized carbons (Fsp3) is 0.333. The quantitative estimate of drug-likeness (QED) is 0.447. The van der Waals surface area contributed by atoms with E-state index >= 15 is 0 Å². The van der Waals surface area contributed by atoms with Gasteiger partial charge in [0.2, 0.25) is 5.91 Å². The van der Waals surface area contributed by atoms with Crippen molar-refractivity contribution in [3.63, 3.8) is 0 Å². The van der Waals surface area contributed by atoms with Crippen LogP contribution in [0.4, 0.5) is 11.5 Å². The first-order valence-electron chi connectivity index (χ1n) is 5.40. The number of hydrogen-bond acceptors (Lipinski definition) is 4. The standard InChI is InChI=1S/C12H11N3O3/c1-3-9-5-11(16)14(7-9)12-8(2)4-10(6-13-12)15(17)18/h1,4,6,9H,5,7H2,2H3. The number of terminal acetylenes is 1. The number of amides is 1. The Kier molecular flexibility index (Phi) is 2.98. The van der Waals surface area contributed by atoms with Crippen molar-refractivity contribution in [2.75, 3.05) is 11.4 Å². The summed E-state index contributed by atoms with van der Waals surface area (Å²) in [6.07, 6.45) is 6.75. The van der Waals surface area contributed by atoms with Crippen molar-refractivity contribution in [2.45, 2.75) is 13.3 Å². The minimum absolute atomic E-state index is 0.0867. The van der Waals surface area contributed by atoms with Crippen molar-refractivity contribution < 1.29 is 9.72 Å². The summed E-state index contributed by atoms with van der Waals surface area (Å²) >= 11 is 0. The van der Waals surface area contributed by atoms with E-state index in [-0.39, 0.29) is 17.5 Å². The molecule has 0 saturated carbocycles. The van der Waals surface area contributed by atoms with Crippen molar-refractivity contribution in [1.82, 2.24) is 4.98 Å². The number of carbonyl (C=O) groups excluding carboxylic acids is 1. The molecule has 2 rings (SSSR count). The zero-order valence-electron chi connectivity index (χ0n) is 9.79. The summed E-state index contributed by atoms with van der Waals surface area (Å²) < 4.78 is 0. The van der Waals surface area contributed by atoms with Crippen LogP contribution in [0.25, 0.3) is 0 Å². The van der Waals surface area contributed by atoms with E-state index in [9.17, 15) is 14.9 Å². The van der Waals surface area contributed by atoms with E-state index in [0.717, 1.165) is 6.20 Å². The van der Waals surface area contributed by atoms with Crippen LogP contribution in [0.1, 0.15) is 12.0 Å².